The van der Waals surface area contributed by atoms with Crippen LogP contribution >= 0.6 is 0 Å². The van der Waals surface area contributed by atoms with E-state index in [0.717, 1.165) is 6.07 Å². The standard InChI is InChI=1S/C19H13F2N5O4S/c1-30-19-14(25-31(28,29)16-7-12(20)2-3-13(16)21)6-11(8-24-19)15-10-26-17(9-23-15)22-5-4-18(26)27/h2-10,25H,1H3. The van der Waals surface area contributed by atoms with E-state index < -0.39 is 26.6 Å². The number of methoxy groups -OCH3 is 1. The van der Waals surface area contributed by atoms with E-state index in [2.05, 4.69) is 19.7 Å². The molecule has 0 bridgehead atoms. The number of pyridine rings is 1. The molecule has 9 nitrogen and oxygen atoms in total. The first kappa shape index (κ1) is 20.3. The third-order valence-corrected chi connectivity index (χ3v) is 5.63. The molecule has 0 fully saturated rings. The normalized spacial score (nSPS) is 11.5. The fraction of sp³-hybridized carbons (Fsp3) is 0.0526. The lowest BCUT2D eigenvalue weighted by atomic mass is 10.2. The molecule has 12 heteroatoms. The summed E-state index contributed by atoms with van der Waals surface area (Å²) in [4.78, 5) is 23.4. The van der Waals surface area contributed by atoms with Gasteiger partial charge in [-0.05, 0) is 24.3 Å². The summed E-state index contributed by atoms with van der Waals surface area (Å²) in [5.41, 5.74) is 0.466. The van der Waals surface area contributed by atoms with Gasteiger partial charge in [0, 0.05) is 30.2 Å². The molecule has 158 valence electrons. The fourth-order valence-electron chi connectivity index (χ4n) is 2.80. The molecular weight excluding hydrogens is 432 g/mol. The Hall–Kier alpha value is -3.93. The zero-order chi connectivity index (χ0) is 22.2. The first-order valence-corrected chi connectivity index (χ1v) is 10.1. The molecule has 1 N–H and O–H groups in total. The van der Waals surface area contributed by atoms with Crippen LogP contribution in [-0.4, -0.2) is 34.9 Å². The lowest BCUT2D eigenvalue weighted by Gasteiger charge is -2.13. The van der Waals surface area contributed by atoms with Gasteiger partial charge in [-0.3, -0.25) is 18.9 Å². The van der Waals surface area contributed by atoms with Crippen molar-refractivity contribution in [3.05, 3.63) is 77.1 Å². The Kier molecular flexibility index (Phi) is 5.07. The van der Waals surface area contributed by atoms with Crippen molar-refractivity contribution in [3.63, 3.8) is 0 Å². The predicted molar refractivity (Wildman–Crippen MR) is 106 cm³/mol. The van der Waals surface area contributed by atoms with E-state index in [4.69, 9.17) is 4.74 Å². The summed E-state index contributed by atoms with van der Waals surface area (Å²) in [6, 6.07) is 4.69. The van der Waals surface area contributed by atoms with Crippen LogP contribution in [0.25, 0.3) is 16.9 Å². The molecule has 4 aromatic rings. The Morgan fingerprint density at radius 3 is 2.65 bits per heavy atom. The smallest absolute Gasteiger partial charge is 0.265 e. The maximum Gasteiger partial charge on any atom is 0.265 e. The van der Waals surface area contributed by atoms with E-state index in [1.807, 2.05) is 0 Å². The molecule has 31 heavy (non-hydrogen) atoms. The number of rotatable bonds is 5. The highest BCUT2D eigenvalue weighted by atomic mass is 32.2. The largest absolute Gasteiger partial charge is 0.480 e. The van der Waals surface area contributed by atoms with Crippen LogP contribution in [-0.2, 0) is 10.0 Å². The second-order valence-corrected chi connectivity index (χ2v) is 7.90. The van der Waals surface area contributed by atoms with E-state index in [1.54, 1.807) is 0 Å². The van der Waals surface area contributed by atoms with Crippen molar-refractivity contribution in [1.29, 1.82) is 0 Å². The average molecular weight is 445 g/mol. The van der Waals surface area contributed by atoms with Crippen LogP contribution in [0.2, 0.25) is 0 Å². The molecule has 0 saturated heterocycles. The fourth-order valence-corrected chi connectivity index (χ4v) is 3.94. The third kappa shape index (κ3) is 3.92. The molecule has 0 saturated carbocycles. The Morgan fingerprint density at radius 1 is 1.06 bits per heavy atom. The Bertz CT molecular complexity index is 1470. The number of ether oxygens (including phenoxy) is 1. The van der Waals surface area contributed by atoms with Gasteiger partial charge in [0.15, 0.2) is 5.65 Å². The topological polar surface area (TPSA) is 116 Å². The summed E-state index contributed by atoms with van der Waals surface area (Å²) >= 11 is 0. The van der Waals surface area contributed by atoms with Crippen LogP contribution in [0.5, 0.6) is 5.88 Å². The molecule has 0 amide bonds. The summed E-state index contributed by atoms with van der Waals surface area (Å²) in [5, 5.41) is 0. The first-order valence-electron chi connectivity index (χ1n) is 8.64. The van der Waals surface area contributed by atoms with Crippen LogP contribution in [0.15, 0.2) is 64.8 Å². The second-order valence-electron chi connectivity index (χ2n) is 6.24. The Morgan fingerprint density at radius 2 is 1.87 bits per heavy atom. The van der Waals surface area contributed by atoms with E-state index >= 15 is 0 Å². The van der Waals surface area contributed by atoms with Crippen molar-refractivity contribution in [2.24, 2.45) is 0 Å². The molecule has 0 aliphatic rings. The van der Waals surface area contributed by atoms with Crippen molar-refractivity contribution < 1.29 is 21.9 Å². The van der Waals surface area contributed by atoms with Crippen molar-refractivity contribution in [3.8, 4) is 17.1 Å². The summed E-state index contributed by atoms with van der Waals surface area (Å²) in [7, 11) is -3.24. The Labute approximate surface area is 174 Å². The van der Waals surface area contributed by atoms with Gasteiger partial charge in [-0.25, -0.2) is 27.2 Å². The average Bonchev–Trinajstić information content (AvgIpc) is 2.75. The van der Waals surface area contributed by atoms with Crippen molar-refractivity contribution in [2.75, 3.05) is 11.8 Å². The molecule has 0 atom stereocenters. The maximum atomic E-state index is 14.0. The van der Waals surface area contributed by atoms with Gasteiger partial charge in [0.1, 0.15) is 22.2 Å². The van der Waals surface area contributed by atoms with Gasteiger partial charge in [0.25, 0.3) is 15.6 Å². The second kappa shape index (κ2) is 7.72. The Balaban J connectivity index is 1.79. The predicted octanol–water partition coefficient (Wildman–Crippen LogP) is 2.24. The van der Waals surface area contributed by atoms with Gasteiger partial charge in [0.2, 0.25) is 5.88 Å². The molecular formula is C19H13F2N5O4S. The van der Waals surface area contributed by atoms with Crippen LogP contribution in [0.4, 0.5) is 14.5 Å². The molecule has 0 aliphatic heterocycles. The highest BCUT2D eigenvalue weighted by Gasteiger charge is 2.22. The quantitative estimate of drug-likeness (QED) is 0.501. The third-order valence-electron chi connectivity index (χ3n) is 4.25. The van der Waals surface area contributed by atoms with E-state index in [0.29, 0.717) is 23.3 Å². The molecule has 0 unspecified atom stereocenters. The summed E-state index contributed by atoms with van der Waals surface area (Å²) in [5.74, 6) is -2.15. The van der Waals surface area contributed by atoms with Crippen molar-refractivity contribution in [2.45, 2.75) is 4.90 Å². The number of fused-ring (bicyclic) bond motifs is 1. The number of benzene rings is 1. The summed E-state index contributed by atoms with van der Waals surface area (Å²) in [6.07, 6.45) is 5.49. The number of aromatic nitrogens is 4. The number of sulfonamides is 1. The highest BCUT2D eigenvalue weighted by Crippen LogP contribution is 2.30. The zero-order valence-electron chi connectivity index (χ0n) is 15.8. The van der Waals surface area contributed by atoms with Gasteiger partial charge in [-0.15, -0.1) is 0 Å². The lowest BCUT2D eigenvalue weighted by Crippen LogP contribution is -2.16. The van der Waals surface area contributed by atoms with Crippen molar-refractivity contribution >= 4 is 21.4 Å². The minimum absolute atomic E-state index is 0.108. The van der Waals surface area contributed by atoms with Crippen LogP contribution < -0.4 is 15.0 Å². The molecule has 0 spiro atoms. The molecule has 0 aliphatic carbocycles. The van der Waals surface area contributed by atoms with Crippen molar-refractivity contribution in [1.82, 2.24) is 19.4 Å². The van der Waals surface area contributed by atoms with Crippen LogP contribution in [0, 0.1) is 11.6 Å². The number of hydrogen-bond donors (Lipinski definition) is 1. The highest BCUT2D eigenvalue weighted by molar-refractivity contribution is 7.92. The molecule has 1 aromatic carbocycles. The monoisotopic (exact) mass is 445 g/mol. The number of hydrogen-bond acceptors (Lipinski definition) is 7. The van der Waals surface area contributed by atoms with E-state index in [9.17, 15) is 22.0 Å². The zero-order valence-corrected chi connectivity index (χ0v) is 16.6. The van der Waals surface area contributed by atoms with Gasteiger partial charge in [0.05, 0.1) is 19.0 Å². The van der Waals surface area contributed by atoms with Gasteiger partial charge >= 0.3 is 0 Å². The van der Waals surface area contributed by atoms with Gasteiger partial charge in [-0.1, -0.05) is 0 Å². The maximum absolute atomic E-state index is 14.0. The minimum Gasteiger partial charge on any atom is -0.480 e. The summed E-state index contributed by atoms with van der Waals surface area (Å²) < 4.78 is 61.2. The number of anilines is 1. The molecule has 4 rings (SSSR count). The number of halogens is 2. The van der Waals surface area contributed by atoms with Gasteiger partial charge < -0.3 is 4.74 Å². The van der Waals surface area contributed by atoms with Crippen LogP contribution in [0.3, 0.4) is 0 Å². The number of nitrogens with one attached hydrogen (secondary N) is 1. The first-order chi connectivity index (χ1) is 14.8. The van der Waals surface area contributed by atoms with Crippen LogP contribution in [0.1, 0.15) is 0 Å². The van der Waals surface area contributed by atoms with Gasteiger partial charge in [-0.2, -0.15) is 0 Å². The minimum atomic E-state index is -4.51. The summed E-state index contributed by atoms with van der Waals surface area (Å²) in [6.45, 7) is 0. The SMILES string of the molecule is COc1ncc(-c2cn3c(=O)ccnc3cn2)cc1NS(=O)(=O)c1cc(F)ccc1F. The molecule has 3 aromatic heterocycles. The van der Waals surface area contributed by atoms with E-state index in [-0.39, 0.29) is 22.8 Å². The number of nitrogens with zero attached hydrogens (tertiary/aromatic N) is 4. The molecule has 3 heterocycles. The lowest BCUT2D eigenvalue weighted by molar-refractivity contribution is 0.400. The van der Waals surface area contributed by atoms with E-state index in [1.165, 1.54) is 48.4 Å². The molecule has 0 radical (unpaired) electrons.